The van der Waals surface area contributed by atoms with E-state index in [2.05, 4.69) is 25.3 Å². The standard InChI is InChI=1S/C23H14F6S4/c1-9-17(13-5-3-11(30)7-15(13)32-9)19-20(22(26,27)23(28,29)21(19,24)25)18-10(2)33-16-8-12(31)4-6-14(16)18/h3-8,30-31H,1-2H3. The highest BCUT2D eigenvalue weighted by Crippen LogP contribution is 2.67. The van der Waals surface area contributed by atoms with Crippen molar-refractivity contribution in [2.24, 2.45) is 0 Å². The topological polar surface area (TPSA) is 0 Å². The molecule has 0 unspecified atom stereocenters. The number of thiophene rings is 2. The van der Waals surface area contributed by atoms with Gasteiger partial charge in [0.15, 0.2) is 0 Å². The first-order valence-electron chi connectivity index (χ1n) is 9.62. The lowest BCUT2D eigenvalue weighted by atomic mass is 9.91. The lowest BCUT2D eigenvalue weighted by molar-refractivity contribution is -0.254. The molecule has 0 spiro atoms. The van der Waals surface area contributed by atoms with Crippen molar-refractivity contribution >= 4 is 79.2 Å². The Morgan fingerprint density at radius 2 is 1.00 bits per heavy atom. The molecule has 0 bridgehead atoms. The summed E-state index contributed by atoms with van der Waals surface area (Å²) in [6.45, 7) is 2.94. The zero-order chi connectivity index (χ0) is 24.1. The van der Waals surface area contributed by atoms with Crippen LogP contribution in [0.5, 0.6) is 0 Å². The summed E-state index contributed by atoms with van der Waals surface area (Å²) < 4.78 is 92.1. The van der Waals surface area contributed by atoms with Crippen LogP contribution in [0.4, 0.5) is 26.3 Å². The normalized spacial score (nSPS) is 19.2. The molecule has 1 aliphatic carbocycles. The van der Waals surface area contributed by atoms with Crippen molar-refractivity contribution in [2.45, 2.75) is 41.4 Å². The van der Waals surface area contributed by atoms with E-state index in [4.69, 9.17) is 0 Å². The Morgan fingerprint density at radius 1 is 0.636 bits per heavy atom. The Morgan fingerprint density at radius 3 is 1.36 bits per heavy atom. The van der Waals surface area contributed by atoms with Crippen LogP contribution in [0.1, 0.15) is 20.9 Å². The molecule has 0 nitrogen and oxygen atoms in total. The highest BCUT2D eigenvalue weighted by atomic mass is 32.1. The molecule has 0 radical (unpaired) electrons. The minimum Gasteiger partial charge on any atom is -0.194 e. The highest BCUT2D eigenvalue weighted by Gasteiger charge is 2.80. The summed E-state index contributed by atoms with van der Waals surface area (Å²) in [7, 11) is 0. The minimum absolute atomic E-state index is 0.214. The van der Waals surface area contributed by atoms with Gasteiger partial charge in [0, 0.05) is 62.0 Å². The first-order chi connectivity index (χ1) is 15.3. The van der Waals surface area contributed by atoms with Crippen LogP contribution in [-0.4, -0.2) is 17.8 Å². The van der Waals surface area contributed by atoms with Crippen LogP contribution >= 0.6 is 47.9 Å². The second kappa shape index (κ2) is 7.19. The maximum atomic E-state index is 15.4. The monoisotopic (exact) mass is 532 g/mol. The second-order valence-corrected chi connectivity index (χ2v) is 11.4. The summed E-state index contributed by atoms with van der Waals surface area (Å²) in [6, 6.07) is 9.15. The van der Waals surface area contributed by atoms with E-state index >= 15 is 17.6 Å². The van der Waals surface area contributed by atoms with E-state index in [1.807, 2.05) is 0 Å². The molecule has 0 fully saturated rings. The minimum atomic E-state index is -5.60. The SMILES string of the molecule is Cc1sc2cc(S)ccc2c1C1=C(c2c(C)sc3cc(S)ccc23)C(F)(F)C(F)(F)C1(F)F. The zero-order valence-electron chi connectivity index (χ0n) is 16.9. The molecule has 0 N–H and O–H groups in total. The quantitative estimate of drug-likeness (QED) is 0.187. The molecule has 2 heterocycles. The van der Waals surface area contributed by atoms with E-state index in [1.54, 1.807) is 12.1 Å². The van der Waals surface area contributed by atoms with Crippen LogP contribution < -0.4 is 0 Å². The third-order valence-corrected chi connectivity index (χ3v) is 8.56. The number of benzene rings is 2. The maximum absolute atomic E-state index is 15.4. The van der Waals surface area contributed by atoms with E-state index in [1.165, 1.54) is 38.1 Å². The van der Waals surface area contributed by atoms with E-state index in [-0.39, 0.29) is 31.7 Å². The molecule has 10 heteroatoms. The van der Waals surface area contributed by atoms with Crippen molar-refractivity contribution in [3.8, 4) is 0 Å². The molecule has 0 atom stereocenters. The second-order valence-electron chi connectivity index (χ2n) is 7.90. The average Bonchev–Trinajstić information content (AvgIpc) is 3.22. The molecule has 2 aromatic heterocycles. The van der Waals surface area contributed by atoms with Crippen LogP contribution in [0.25, 0.3) is 31.3 Å². The third kappa shape index (κ3) is 3.00. The summed E-state index contributed by atoms with van der Waals surface area (Å²) in [5.41, 5.74) is -3.17. The predicted octanol–water partition coefficient (Wildman–Crippen LogP) is 9.14. The number of hydrogen-bond acceptors (Lipinski definition) is 4. The smallest absolute Gasteiger partial charge is 0.194 e. The predicted molar refractivity (Wildman–Crippen MR) is 129 cm³/mol. The van der Waals surface area contributed by atoms with Gasteiger partial charge in [-0.2, -0.15) is 26.3 Å². The van der Waals surface area contributed by atoms with Crippen LogP contribution in [0, 0.1) is 13.8 Å². The Labute approximate surface area is 203 Å². The molecule has 0 saturated heterocycles. The fraction of sp³-hybridized carbons (Fsp3) is 0.217. The van der Waals surface area contributed by atoms with Crippen molar-refractivity contribution in [3.63, 3.8) is 0 Å². The fourth-order valence-corrected chi connectivity index (χ4v) is 7.23. The van der Waals surface area contributed by atoms with Gasteiger partial charge in [0.2, 0.25) is 0 Å². The van der Waals surface area contributed by atoms with Crippen molar-refractivity contribution in [1.82, 2.24) is 0 Å². The van der Waals surface area contributed by atoms with E-state index in [9.17, 15) is 8.78 Å². The first kappa shape index (κ1) is 23.1. The van der Waals surface area contributed by atoms with Crippen molar-refractivity contribution < 1.29 is 26.3 Å². The number of rotatable bonds is 2. The molecule has 0 saturated carbocycles. The van der Waals surface area contributed by atoms with Crippen LogP contribution in [0.15, 0.2) is 46.2 Å². The Bertz CT molecular complexity index is 1380. The number of hydrogen-bond donors (Lipinski definition) is 2. The summed E-state index contributed by atoms with van der Waals surface area (Å²) in [5.74, 6) is -15.8. The number of alkyl halides is 6. The molecule has 2 aromatic carbocycles. The van der Waals surface area contributed by atoms with Gasteiger partial charge in [-0.05, 0) is 38.1 Å². The highest BCUT2D eigenvalue weighted by molar-refractivity contribution is 7.80. The van der Waals surface area contributed by atoms with E-state index in [0.717, 1.165) is 22.7 Å². The van der Waals surface area contributed by atoms with Gasteiger partial charge in [0.25, 0.3) is 0 Å². The molecule has 4 aromatic rings. The molecule has 172 valence electrons. The number of thiol groups is 2. The molecule has 33 heavy (non-hydrogen) atoms. The summed E-state index contributed by atoms with van der Waals surface area (Å²) >= 11 is 10.6. The Hall–Kier alpha value is -1.62. The van der Waals surface area contributed by atoms with Gasteiger partial charge >= 0.3 is 17.8 Å². The molecular weight excluding hydrogens is 519 g/mol. The van der Waals surface area contributed by atoms with Gasteiger partial charge in [-0.3, -0.25) is 0 Å². The Kier molecular flexibility index (Phi) is 5.04. The van der Waals surface area contributed by atoms with Gasteiger partial charge in [-0.1, -0.05) is 12.1 Å². The molecule has 5 rings (SSSR count). The largest absolute Gasteiger partial charge is 0.380 e. The third-order valence-electron chi connectivity index (χ3n) is 5.87. The molecule has 1 aliphatic rings. The van der Waals surface area contributed by atoms with Gasteiger partial charge in [-0.25, -0.2) is 0 Å². The summed E-state index contributed by atoms with van der Waals surface area (Å²) in [6.07, 6.45) is 0. The maximum Gasteiger partial charge on any atom is 0.380 e. The van der Waals surface area contributed by atoms with Crippen LogP contribution in [0.3, 0.4) is 0 Å². The fourth-order valence-electron chi connectivity index (χ4n) is 4.43. The van der Waals surface area contributed by atoms with Gasteiger partial charge in [-0.15, -0.1) is 47.9 Å². The van der Waals surface area contributed by atoms with E-state index in [0.29, 0.717) is 19.2 Å². The molecule has 0 aliphatic heterocycles. The molecular formula is C23H14F6S4. The van der Waals surface area contributed by atoms with Gasteiger partial charge in [0.1, 0.15) is 0 Å². The van der Waals surface area contributed by atoms with Gasteiger partial charge < -0.3 is 0 Å². The first-order valence-corrected chi connectivity index (χ1v) is 12.2. The van der Waals surface area contributed by atoms with Crippen LogP contribution in [-0.2, 0) is 0 Å². The average molecular weight is 533 g/mol. The summed E-state index contributed by atoms with van der Waals surface area (Å²) in [4.78, 5) is 1.58. The number of fused-ring (bicyclic) bond motifs is 2. The zero-order valence-corrected chi connectivity index (χ0v) is 20.4. The van der Waals surface area contributed by atoms with Crippen molar-refractivity contribution in [1.29, 1.82) is 0 Å². The van der Waals surface area contributed by atoms with E-state index < -0.39 is 28.9 Å². The summed E-state index contributed by atoms with van der Waals surface area (Å²) in [5, 5.41) is 0.427. The lowest BCUT2D eigenvalue weighted by Gasteiger charge is -2.26. The number of aryl methyl sites for hydroxylation is 2. The van der Waals surface area contributed by atoms with Crippen molar-refractivity contribution in [3.05, 3.63) is 57.3 Å². The number of halogens is 6. The van der Waals surface area contributed by atoms with Gasteiger partial charge in [0.05, 0.1) is 0 Å². The van der Waals surface area contributed by atoms with Crippen LogP contribution in [0.2, 0.25) is 0 Å². The van der Waals surface area contributed by atoms with Crippen molar-refractivity contribution in [2.75, 3.05) is 0 Å². The lowest BCUT2D eigenvalue weighted by Crippen LogP contribution is -2.48. The Balaban J connectivity index is 1.98. The number of allylic oxidation sites excluding steroid dienone is 2. The molecule has 0 amide bonds.